The monoisotopic (exact) mass is 313 g/mol. The van der Waals surface area contributed by atoms with E-state index in [0.717, 1.165) is 12.8 Å². The van der Waals surface area contributed by atoms with Gasteiger partial charge in [0.25, 0.3) is 0 Å². The molecule has 1 aliphatic rings. The van der Waals surface area contributed by atoms with Crippen LogP contribution >= 0.6 is 0 Å². The van der Waals surface area contributed by atoms with Gasteiger partial charge in [-0.05, 0) is 37.0 Å². The molecule has 3 atom stereocenters. The molecule has 0 bridgehead atoms. The lowest BCUT2D eigenvalue weighted by Crippen LogP contribution is -2.29. The molecule has 0 unspecified atom stereocenters. The van der Waals surface area contributed by atoms with Crippen LogP contribution in [0.5, 0.6) is 0 Å². The van der Waals surface area contributed by atoms with E-state index in [2.05, 4.69) is 18.8 Å². The highest BCUT2D eigenvalue weighted by atomic mass is 16.5. The number of aliphatic hydroxyl groups is 1. The van der Waals surface area contributed by atoms with Crippen LogP contribution in [0.15, 0.2) is 12.7 Å². The summed E-state index contributed by atoms with van der Waals surface area (Å²) in [7, 11) is 0. The van der Waals surface area contributed by atoms with Crippen molar-refractivity contribution in [2.45, 2.75) is 39.0 Å². The Bertz CT molecular complexity index is 322. The molecule has 2 N–H and O–H groups in total. The summed E-state index contributed by atoms with van der Waals surface area (Å²) < 4.78 is 10.4. The van der Waals surface area contributed by atoms with Crippen LogP contribution in [0.25, 0.3) is 0 Å². The minimum absolute atomic E-state index is 0.00261. The smallest absolute Gasteiger partial charge is 0.407 e. The average Bonchev–Trinajstić information content (AvgIpc) is 3.20. The molecule has 128 valence electrons. The van der Waals surface area contributed by atoms with Gasteiger partial charge in [-0.3, -0.25) is 0 Å². The molecule has 0 heterocycles. The lowest BCUT2D eigenvalue weighted by molar-refractivity contribution is 0.0900. The molecule has 0 radical (unpaired) electrons. The Labute approximate surface area is 134 Å². The fourth-order valence-electron chi connectivity index (χ4n) is 2.99. The minimum Gasteiger partial charge on any atom is -0.449 e. The maximum atomic E-state index is 11.6. The Hall–Kier alpha value is -1.07. The van der Waals surface area contributed by atoms with E-state index in [4.69, 9.17) is 14.6 Å². The number of carbonyl (C=O) groups excluding carboxylic acids is 1. The number of nitrogens with one attached hydrogen (secondary N) is 1. The van der Waals surface area contributed by atoms with Gasteiger partial charge in [0.1, 0.15) is 0 Å². The molecule has 0 aliphatic heterocycles. The van der Waals surface area contributed by atoms with Gasteiger partial charge in [-0.25, -0.2) is 4.79 Å². The Morgan fingerprint density at radius 2 is 2.05 bits per heavy atom. The Morgan fingerprint density at radius 3 is 2.73 bits per heavy atom. The topological polar surface area (TPSA) is 67.8 Å². The van der Waals surface area contributed by atoms with E-state index < -0.39 is 0 Å². The highest BCUT2D eigenvalue weighted by Crippen LogP contribution is 2.52. The summed E-state index contributed by atoms with van der Waals surface area (Å²) in [5, 5.41) is 11.2. The molecule has 1 rings (SSSR count). The second kappa shape index (κ2) is 11.5. The second-order valence-corrected chi connectivity index (χ2v) is 5.86. The van der Waals surface area contributed by atoms with E-state index in [9.17, 15) is 4.79 Å². The molecule has 0 aromatic heterocycles. The molecule has 22 heavy (non-hydrogen) atoms. The van der Waals surface area contributed by atoms with Crippen LogP contribution in [-0.2, 0) is 9.47 Å². The van der Waals surface area contributed by atoms with E-state index in [1.165, 1.54) is 19.3 Å². The Balaban J connectivity index is 2.15. The standard InChI is InChI=1S/C17H31NO4/c1-3-5-7-14-15(8-6-4-2)16(14)13-22-17(20)18-9-11-21-12-10-19/h3,14-16,19H,1,4-13H2,2H3,(H,18,20)/t14-,15+,16-/m0/s1. The maximum absolute atomic E-state index is 11.6. The van der Waals surface area contributed by atoms with Gasteiger partial charge in [0.05, 0.1) is 26.4 Å². The predicted molar refractivity (Wildman–Crippen MR) is 86.7 cm³/mol. The number of hydrogen-bond acceptors (Lipinski definition) is 4. The molecule has 0 saturated heterocycles. The lowest BCUT2D eigenvalue weighted by Gasteiger charge is -2.07. The van der Waals surface area contributed by atoms with Crippen LogP contribution in [0.4, 0.5) is 4.79 Å². The summed E-state index contributed by atoms with van der Waals surface area (Å²) in [6.07, 6.45) is 7.49. The van der Waals surface area contributed by atoms with Crippen molar-refractivity contribution < 1.29 is 19.4 Å². The molecule has 5 nitrogen and oxygen atoms in total. The molecular weight excluding hydrogens is 282 g/mol. The van der Waals surface area contributed by atoms with Crippen molar-refractivity contribution in [3.8, 4) is 0 Å². The van der Waals surface area contributed by atoms with Gasteiger partial charge in [-0.15, -0.1) is 6.58 Å². The van der Waals surface area contributed by atoms with Crippen molar-refractivity contribution in [1.29, 1.82) is 0 Å². The zero-order chi connectivity index (χ0) is 16.2. The molecule has 5 heteroatoms. The number of rotatable bonds is 13. The zero-order valence-electron chi connectivity index (χ0n) is 13.8. The van der Waals surface area contributed by atoms with E-state index in [0.29, 0.717) is 44.1 Å². The second-order valence-electron chi connectivity index (χ2n) is 5.86. The number of hydrogen-bond donors (Lipinski definition) is 2. The quantitative estimate of drug-likeness (QED) is 0.405. The summed E-state index contributed by atoms with van der Waals surface area (Å²) in [6.45, 7) is 7.59. The number of alkyl carbamates (subject to hydrolysis) is 1. The van der Waals surface area contributed by atoms with Crippen LogP contribution in [-0.4, -0.2) is 44.2 Å². The molecule has 0 spiro atoms. The van der Waals surface area contributed by atoms with E-state index in [1.54, 1.807) is 0 Å². The molecule has 1 fully saturated rings. The number of carbonyl (C=O) groups is 1. The van der Waals surface area contributed by atoms with Gasteiger partial charge in [0.15, 0.2) is 0 Å². The molecule has 0 aromatic carbocycles. The van der Waals surface area contributed by atoms with Gasteiger partial charge in [0.2, 0.25) is 0 Å². The highest BCUT2D eigenvalue weighted by molar-refractivity contribution is 5.67. The zero-order valence-corrected chi connectivity index (χ0v) is 13.8. The van der Waals surface area contributed by atoms with Crippen molar-refractivity contribution >= 4 is 6.09 Å². The third-order valence-electron chi connectivity index (χ3n) is 4.26. The van der Waals surface area contributed by atoms with Gasteiger partial charge >= 0.3 is 6.09 Å². The molecule has 0 aromatic rings. The molecule has 1 saturated carbocycles. The van der Waals surface area contributed by atoms with Gasteiger partial charge < -0.3 is 19.9 Å². The first kappa shape index (κ1) is 19.0. The normalized spacial score (nSPS) is 23.1. The third kappa shape index (κ3) is 7.27. The SMILES string of the molecule is C=CCC[C@H]1[C@@H](CCCC)[C@H]1COC(=O)NCCOCCO. The molecule has 1 amide bonds. The Morgan fingerprint density at radius 1 is 1.27 bits per heavy atom. The van der Waals surface area contributed by atoms with Crippen LogP contribution in [0.2, 0.25) is 0 Å². The number of ether oxygens (including phenoxy) is 2. The number of aliphatic hydroxyl groups excluding tert-OH is 1. The first-order valence-electron chi connectivity index (χ1n) is 8.44. The van der Waals surface area contributed by atoms with Crippen molar-refractivity contribution in [1.82, 2.24) is 5.32 Å². The van der Waals surface area contributed by atoms with Crippen molar-refractivity contribution in [3.05, 3.63) is 12.7 Å². The van der Waals surface area contributed by atoms with Crippen LogP contribution < -0.4 is 5.32 Å². The summed E-state index contributed by atoms with van der Waals surface area (Å²) in [5.41, 5.74) is 0. The van der Waals surface area contributed by atoms with Gasteiger partial charge in [0, 0.05) is 6.54 Å². The minimum atomic E-state index is -0.379. The maximum Gasteiger partial charge on any atom is 0.407 e. The fraction of sp³-hybridized carbons (Fsp3) is 0.824. The summed E-state index contributed by atoms with van der Waals surface area (Å²) in [4.78, 5) is 11.6. The summed E-state index contributed by atoms with van der Waals surface area (Å²) in [6, 6.07) is 0. The van der Waals surface area contributed by atoms with Crippen LogP contribution in [0.3, 0.4) is 0 Å². The summed E-state index contributed by atoms with van der Waals surface area (Å²) >= 11 is 0. The van der Waals surface area contributed by atoms with Crippen LogP contribution in [0.1, 0.15) is 39.0 Å². The van der Waals surface area contributed by atoms with E-state index >= 15 is 0 Å². The lowest BCUT2D eigenvalue weighted by atomic mass is 10.1. The first-order chi connectivity index (χ1) is 10.7. The predicted octanol–water partition coefficient (Wildman–Crippen LogP) is 2.74. The van der Waals surface area contributed by atoms with Crippen molar-refractivity contribution in [2.24, 2.45) is 17.8 Å². The number of amides is 1. The van der Waals surface area contributed by atoms with Gasteiger partial charge in [-0.1, -0.05) is 25.8 Å². The first-order valence-corrected chi connectivity index (χ1v) is 8.44. The van der Waals surface area contributed by atoms with Crippen LogP contribution in [0, 0.1) is 17.8 Å². The number of allylic oxidation sites excluding steroid dienone is 1. The fourth-order valence-corrected chi connectivity index (χ4v) is 2.99. The van der Waals surface area contributed by atoms with Crippen molar-refractivity contribution in [2.75, 3.05) is 33.0 Å². The Kier molecular flexibility index (Phi) is 9.91. The largest absolute Gasteiger partial charge is 0.449 e. The average molecular weight is 313 g/mol. The third-order valence-corrected chi connectivity index (χ3v) is 4.26. The van der Waals surface area contributed by atoms with E-state index in [-0.39, 0.29) is 12.7 Å². The highest BCUT2D eigenvalue weighted by Gasteiger charge is 2.48. The van der Waals surface area contributed by atoms with Crippen molar-refractivity contribution in [3.63, 3.8) is 0 Å². The number of unbranched alkanes of at least 4 members (excludes halogenated alkanes) is 1. The van der Waals surface area contributed by atoms with Gasteiger partial charge in [-0.2, -0.15) is 0 Å². The molecular formula is C17H31NO4. The molecule has 1 aliphatic carbocycles. The summed E-state index contributed by atoms with van der Waals surface area (Å²) in [5.74, 6) is 1.91. The van der Waals surface area contributed by atoms with E-state index in [1.807, 2.05) is 6.08 Å².